The van der Waals surface area contributed by atoms with Gasteiger partial charge in [0.1, 0.15) is 11.8 Å². The number of amides is 1. The minimum atomic E-state index is -0.502. The van der Waals surface area contributed by atoms with Crippen molar-refractivity contribution in [2.75, 3.05) is 39.8 Å². The molecule has 26 heavy (non-hydrogen) atoms. The van der Waals surface area contributed by atoms with Gasteiger partial charge in [0.2, 0.25) is 0 Å². The maximum absolute atomic E-state index is 12.0. The maximum Gasteiger partial charge on any atom is 0.410 e. The predicted octanol–water partition coefficient (Wildman–Crippen LogP) is 1.74. The highest BCUT2D eigenvalue weighted by Gasteiger charge is 2.25. The molecule has 0 saturated carbocycles. The van der Waals surface area contributed by atoms with E-state index in [1.165, 1.54) is 18.0 Å². The van der Waals surface area contributed by atoms with Crippen LogP contribution in [-0.2, 0) is 11.3 Å². The molecule has 10 heteroatoms. The van der Waals surface area contributed by atoms with Crippen molar-refractivity contribution in [3.05, 3.63) is 16.3 Å². The smallest absolute Gasteiger partial charge is 0.410 e. The van der Waals surface area contributed by atoms with Crippen LogP contribution in [0.2, 0.25) is 0 Å². The van der Waals surface area contributed by atoms with Crippen LogP contribution in [0.15, 0.2) is 6.20 Å². The van der Waals surface area contributed by atoms with Crippen molar-refractivity contribution in [1.82, 2.24) is 19.6 Å². The zero-order valence-corrected chi connectivity index (χ0v) is 15.8. The van der Waals surface area contributed by atoms with Gasteiger partial charge in [0, 0.05) is 39.3 Å². The Kier molecular flexibility index (Phi) is 6.41. The number of carbonyl (C=O) groups is 1. The van der Waals surface area contributed by atoms with Gasteiger partial charge in [0.15, 0.2) is 0 Å². The lowest BCUT2D eigenvalue weighted by Crippen LogP contribution is -2.50. The van der Waals surface area contributed by atoms with Crippen molar-refractivity contribution in [2.24, 2.45) is 0 Å². The molecule has 0 atom stereocenters. The molecule has 1 saturated heterocycles. The van der Waals surface area contributed by atoms with E-state index < -0.39 is 10.5 Å². The Balaban J connectivity index is 1.74. The van der Waals surface area contributed by atoms with E-state index in [9.17, 15) is 14.9 Å². The summed E-state index contributed by atoms with van der Waals surface area (Å²) in [7, 11) is 1.36. The third-order valence-corrected chi connectivity index (χ3v) is 3.99. The summed E-state index contributed by atoms with van der Waals surface area (Å²) in [4.78, 5) is 26.4. The number of hydrogen-bond donors (Lipinski definition) is 0. The van der Waals surface area contributed by atoms with Crippen LogP contribution in [0, 0.1) is 10.1 Å². The monoisotopic (exact) mass is 369 g/mol. The minimum Gasteiger partial charge on any atom is -0.475 e. The van der Waals surface area contributed by atoms with E-state index in [4.69, 9.17) is 9.47 Å². The molecular weight excluding hydrogens is 342 g/mol. The average Bonchev–Trinajstić information content (AvgIpc) is 2.97. The number of carbonyl (C=O) groups excluding carboxylic acids is 1. The van der Waals surface area contributed by atoms with Gasteiger partial charge in [0.25, 0.3) is 0 Å². The van der Waals surface area contributed by atoms with Crippen LogP contribution in [0.25, 0.3) is 0 Å². The van der Waals surface area contributed by atoms with Crippen LogP contribution in [0.5, 0.6) is 5.88 Å². The molecule has 2 heterocycles. The van der Waals surface area contributed by atoms with Gasteiger partial charge < -0.3 is 14.4 Å². The second-order valence-corrected chi connectivity index (χ2v) is 7.21. The zero-order chi connectivity index (χ0) is 19.3. The third-order valence-electron chi connectivity index (χ3n) is 3.99. The molecule has 1 aliphatic rings. The summed E-state index contributed by atoms with van der Waals surface area (Å²) >= 11 is 0. The van der Waals surface area contributed by atoms with Gasteiger partial charge in [-0.15, -0.1) is 5.10 Å². The van der Waals surface area contributed by atoms with Crippen LogP contribution in [0.4, 0.5) is 10.5 Å². The van der Waals surface area contributed by atoms with Crippen molar-refractivity contribution < 1.29 is 19.2 Å². The topological polar surface area (TPSA) is 103 Å². The summed E-state index contributed by atoms with van der Waals surface area (Å²) in [5, 5.41) is 15.0. The van der Waals surface area contributed by atoms with Gasteiger partial charge in [0.05, 0.1) is 12.0 Å². The molecule has 10 nitrogen and oxygen atoms in total. The number of methoxy groups -OCH3 is 1. The molecule has 1 aromatic rings. The molecule has 1 amide bonds. The molecule has 0 spiro atoms. The Labute approximate surface area is 152 Å². The van der Waals surface area contributed by atoms with E-state index in [2.05, 4.69) is 10.00 Å². The molecule has 2 rings (SSSR count). The second kappa shape index (κ2) is 8.35. The molecule has 0 radical (unpaired) electrons. The number of hydrogen-bond acceptors (Lipinski definition) is 7. The van der Waals surface area contributed by atoms with Crippen LogP contribution in [0.3, 0.4) is 0 Å². The lowest BCUT2D eigenvalue weighted by atomic mass is 10.2. The zero-order valence-electron chi connectivity index (χ0n) is 15.8. The maximum atomic E-state index is 12.0. The Hall–Kier alpha value is -2.36. The number of aromatic nitrogens is 2. The molecule has 1 aliphatic heterocycles. The Morgan fingerprint density at radius 1 is 1.27 bits per heavy atom. The van der Waals surface area contributed by atoms with Crippen molar-refractivity contribution >= 4 is 11.8 Å². The SMILES string of the molecule is COc1nn(CCCN2CCN(C(=O)OC(C)(C)C)CC2)cc1[N+](=O)[O-]. The van der Waals surface area contributed by atoms with Crippen LogP contribution in [0.1, 0.15) is 27.2 Å². The number of aryl methyl sites for hydroxylation is 1. The number of piperazine rings is 1. The normalized spacial score (nSPS) is 15.8. The van der Waals surface area contributed by atoms with Gasteiger partial charge in [-0.1, -0.05) is 0 Å². The summed E-state index contributed by atoms with van der Waals surface area (Å²) in [5.74, 6) is 0.0287. The van der Waals surface area contributed by atoms with Gasteiger partial charge in [-0.25, -0.2) is 4.79 Å². The molecule has 0 unspecified atom stereocenters. The van der Waals surface area contributed by atoms with Crippen molar-refractivity contribution in [3.8, 4) is 5.88 Å². The standard InChI is InChI=1S/C16H27N5O5/c1-16(2,3)26-15(22)19-10-8-18(9-11-19)6-5-7-20-12-13(21(23)24)14(17-20)25-4/h12H,5-11H2,1-4H3. The number of ether oxygens (including phenoxy) is 2. The number of nitro groups is 1. The first-order valence-corrected chi connectivity index (χ1v) is 8.65. The van der Waals surface area contributed by atoms with Crippen molar-refractivity contribution in [2.45, 2.75) is 39.3 Å². The highest BCUT2D eigenvalue weighted by molar-refractivity contribution is 5.68. The predicted molar refractivity (Wildman–Crippen MR) is 94.3 cm³/mol. The van der Waals surface area contributed by atoms with E-state index in [-0.39, 0.29) is 17.7 Å². The molecule has 1 fully saturated rings. The fourth-order valence-electron chi connectivity index (χ4n) is 2.72. The van der Waals surface area contributed by atoms with E-state index in [0.29, 0.717) is 19.6 Å². The molecule has 0 bridgehead atoms. The molecule has 0 aromatic carbocycles. The minimum absolute atomic E-state index is 0.0287. The Morgan fingerprint density at radius 2 is 1.92 bits per heavy atom. The van der Waals surface area contributed by atoms with Gasteiger partial charge >= 0.3 is 17.7 Å². The highest BCUT2D eigenvalue weighted by Crippen LogP contribution is 2.24. The van der Waals surface area contributed by atoms with Gasteiger partial charge in [-0.05, 0) is 27.2 Å². The Morgan fingerprint density at radius 3 is 2.42 bits per heavy atom. The lowest BCUT2D eigenvalue weighted by molar-refractivity contribution is -0.385. The van der Waals surface area contributed by atoms with Crippen LogP contribution in [-0.4, -0.2) is 76.0 Å². The number of nitrogens with zero attached hydrogens (tertiary/aromatic N) is 5. The van der Waals surface area contributed by atoms with E-state index >= 15 is 0 Å². The number of rotatable bonds is 6. The van der Waals surface area contributed by atoms with E-state index in [1.54, 1.807) is 4.90 Å². The largest absolute Gasteiger partial charge is 0.475 e. The fraction of sp³-hybridized carbons (Fsp3) is 0.750. The molecule has 1 aromatic heterocycles. The molecule has 0 N–H and O–H groups in total. The van der Waals surface area contributed by atoms with E-state index in [1.807, 2.05) is 20.8 Å². The first kappa shape index (κ1) is 20.0. The summed E-state index contributed by atoms with van der Waals surface area (Å²) in [6.07, 6.45) is 1.92. The second-order valence-electron chi connectivity index (χ2n) is 7.21. The Bertz CT molecular complexity index is 631. The summed E-state index contributed by atoms with van der Waals surface area (Å²) in [6.45, 7) is 9.80. The highest BCUT2D eigenvalue weighted by atomic mass is 16.6. The molecule has 146 valence electrons. The summed E-state index contributed by atoms with van der Waals surface area (Å²) < 4.78 is 11.8. The quantitative estimate of drug-likeness (QED) is 0.556. The summed E-state index contributed by atoms with van der Waals surface area (Å²) in [5.41, 5.74) is -0.611. The van der Waals surface area contributed by atoms with Crippen molar-refractivity contribution in [1.29, 1.82) is 0 Å². The molecular formula is C16H27N5O5. The summed E-state index contributed by atoms with van der Waals surface area (Å²) in [6, 6.07) is 0. The van der Waals surface area contributed by atoms with Crippen LogP contribution < -0.4 is 4.74 Å². The molecule has 0 aliphatic carbocycles. The van der Waals surface area contributed by atoms with E-state index in [0.717, 1.165) is 26.1 Å². The first-order valence-electron chi connectivity index (χ1n) is 8.65. The lowest BCUT2D eigenvalue weighted by Gasteiger charge is -2.35. The van der Waals surface area contributed by atoms with Gasteiger partial charge in [-0.3, -0.25) is 19.7 Å². The van der Waals surface area contributed by atoms with Crippen molar-refractivity contribution in [3.63, 3.8) is 0 Å². The fourth-order valence-corrected chi connectivity index (χ4v) is 2.72. The average molecular weight is 369 g/mol. The first-order chi connectivity index (χ1) is 12.2. The van der Waals surface area contributed by atoms with Crippen LogP contribution >= 0.6 is 0 Å². The van der Waals surface area contributed by atoms with Gasteiger partial charge in [-0.2, -0.15) is 0 Å². The third kappa shape index (κ3) is 5.58.